The quantitative estimate of drug-likeness (QED) is 0.835. The average molecular weight is 323 g/mol. The highest BCUT2D eigenvalue weighted by Gasteiger charge is 2.29. The molecule has 0 saturated carbocycles. The van der Waals surface area contributed by atoms with Gasteiger partial charge in [-0.3, -0.25) is 14.5 Å². The van der Waals surface area contributed by atoms with Gasteiger partial charge in [-0.2, -0.15) is 0 Å². The van der Waals surface area contributed by atoms with Crippen LogP contribution in [0.4, 0.5) is 15.3 Å². The Labute approximate surface area is 132 Å². The molecule has 0 atom stereocenters. The summed E-state index contributed by atoms with van der Waals surface area (Å²) in [6.07, 6.45) is 0. The van der Waals surface area contributed by atoms with Crippen LogP contribution in [0.1, 0.15) is 6.92 Å². The fraction of sp³-hybridized carbons (Fsp3) is 0.357. The van der Waals surface area contributed by atoms with Crippen LogP contribution in [0.3, 0.4) is 0 Å². The highest BCUT2D eigenvalue weighted by molar-refractivity contribution is 8.14. The summed E-state index contributed by atoms with van der Waals surface area (Å²) in [7, 11) is 0. The molecule has 0 radical (unpaired) electrons. The second-order valence-electron chi connectivity index (χ2n) is 4.44. The number of imide groups is 1. The van der Waals surface area contributed by atoms with Crippen molar-refractivity contribution in [1.29, 1.82) is 0 Å². The van der Waals surface area contributed by atoms with Gasteiger partial charge in [-0.25, -0.2) is 4.79 Å². The molecule has 1 aromatic carbocycles. The van der Waals surface area contributed by atoms with E-state index in [0.29, 0.717) is 12.3 Å². The number of carbonyl (C=O) groups is 3. The van der Waals surface area contributed by atoms with Crippen molar-refractivity contribution in [2.75, 3.05) is 30.8 Å². The second-order valence-corrected chi connectivity index (χ2v) is 5.36. The minimum Gasteiger partial charge on any atom is -0.494 e. The van der Waals surface area contributed by atoms with Crippen LogP contribution in [0.5, 0.6) is 5.75 Å². The Bertz CT molecular complexity index is 546. The minimum absolute atomic E-state index is 0.178. The molecule has 4 amide bonds. The third kappa shape index (κ3) is 4.39. The van der Waals surface area contributed by atoms with Gasteiger partial charge in [0.15, 0.2) is 0 Å². The predicted molar refractivity (Wildman–Crippen MR) is 84.2 cm³/mol. The Morgan fingerprint density at radius 2 is 2.05 bits per heavy atom. The van der Waals surface area contributed by atoms with Crippen LogP contribution in [0, 0.1) is 0 Å². The molecule has 118 valence electrons. The van der Waals surface area contributed by atoms with Crippen LogP contribution in [-0.2, 0) is 4.79 Å². The first-order valence-electron chi connectivity index (χ1n) is 6.85. The molecule has 1 heterocycles. The fourth-order valence-electron chi connectivity index (χ4n) is 1.85. The summed E-state index contributed by atoms with van der Waals surface area (Å²) in [4.78, 5) is 35.6. The maximum Gasteiger partial charge on any atom is 0.319 e. The highest BCUT2D eigenvalue weighted by atomic mass is 32.2. The standard InChI is InChI=1S/C14H17N3O4S/c1-2-21-11-5-3-10(4-6-11)16-13(19)15-7-8-17-12(18)9-22-14(17)20/h3-6H,2,7-9H2,1H3,(H2,15,16,19). The first-order valence-corrected chi connectivity index (χ1v) is 7.83. The number of hydrogen-bond acceptors (Lipinski definition) is 5. The summed E-state index contributed by atoms with van der Waals surface area (Å²) in [5.41, 5.74) is 0.629. The molecule has 0 aromatic heterocycles. The van der Waals surface area contributed by atoms with E-state index in [4.69, 9.17) is 4.74 Å². The van der Waals surface area contributed by atoms with Crippen LogP contribution in [0.25, 0.3) is 0 Å². The Balaban J connectivity index is 1.73. The van der Waals surface area contributed by atoms with Gasteiger partial charge in [0, 0.05) is 18.8 Å². The van der Waals surface area contributed by atoms with Crippen molar-refractivity contribution in [3.05, 3.63) is 24.3 Å². The first-order chi connectivity index (χ1) is 10.6. The van der Waals surface area contributed by atoms with Gasteiger partial charge in [-0.1, -0.05) is 11.8 Å². The summed E-state index contributed by atoms with van der Waals surface area (Å²) >= 11 is 0.977. The lowest BCUT2D eigenvalue weighted by Crippen LogP contribution is -2.38. The van der Waals surface area contributed by atoms with Gasteiger partial charge in [-0.15, -0.1) is 0 Å². The lowest BCUT2D eigenvalue weighted by molar-refractivity contribution is -0.124. The van der Waals surface area contributed by atoms with Crippen LogP contribution >= 0.6 is 11.8 Å². The van der Waals surface area contributed by atoms with E-state index >= 15 is 0 Å². The van der Waals surface area contributed by atoms with Gasteiger partial charge in [0.2, 0.25) is 5.91 Å². The van der Waals surface area contributed by atoms with E-state index in [9.17, 15) is 14.4 Å². The number of amides is 4. The molecule has 0 spiro atoms. The zero-order valence-corrected chi connectivity index (χ0v) is 12.9. The molecule has 0 bridgehead atoms. The maximum absolute atomic E-state index is 11.7. The van der Waals surface area contributed by atoms with Gasteiger partial charge in [0.05, 0.1) is 12.4 Å². The van der Waals surface area contributed by atoms with Crippen molar-refractivity contribution in [3.8, 4) is 5.75 Å². The van der Waals surface area contributed by atoms with Crippen LogP contribution in [-0.4, -0.2) is 47.5 Å². The predicted octanol–water partition coefficient (Wildman–Crippen LogP) is 1.90. The second kappa shape index (κ2) is 7.69. The third-order valence-electron chi connectivity index (χ3n) is 2.88. The molecular weight excluding hydrogens is 306 g/mol. The summed E-state index contributed by atoms with van der Waals surface area (Å²) in [5.74, 6) is 0.692. The number of hydrogen-bond donors (Lipinski definition) is 2. The number of rotatable bonds is 6. The van der Waals surface area contributed by atoms with Crippen molar-refractivity contribution in [2.24, 2.45) is 0 Å². The third-order valence-corrected chi connectivity index (χ3v) is 3.74. The van der Waals surface area contributed by atoms with Gasteiger partial charge < -0.3 is 15.4 Å². The summed E-state index contributed by atoms with van der Waals surface area (Å²) in [6.45, 7) is 2.87. The summed E-state index contributed by atoms with van der Waals surface area (Å²) in [6, 6.07) is 6.59. The number of anilines is 1. The van der Waals surface area contributed by atoms with E-state index in [2.05, 4.69) is 10.6 Å². The Morgan fingerprint density at radius 3 is 2.64 bits per heavy atom. The lowest BCUT2D eigenvalue weighted by atomic mass is 10.3. The van der Waals surface area contributed by atoms with E-state index in [1.54, 1.807) is 24.3 Å². The molecular formula is C14H17N3O4S. The van der Waals surface area contributed by atoms with Gasteiger partial charge in [0.25, 0.3) is 5.24 Å². The van der Waals surface area contributed by atoms with Crippen LogP contribution < -0.4 is 15.4 Å². The topological polar surface area (TPSA) is 87.7 Å². The zero-order valence-electron chi connectivity index (χ0n) is 12.1. The number of thioether (sulfide) groups is 1. The lowest BCUT2D eigenvalue weighted by Gasteiger charge is -2.13. The molecule has 0 unspecified atom stereocenters. The van der Waals surface area contributed by atoms with E-state index in [-0.39, 0.29) is 30.0 Å². The van der Waals surface area contributed by atoms with E-state index in [1.165, 1.54) is 0 Å². The molecule has 1 saturated heterocycles. The molecule has 7 nitrogen and oxygen atoms in total. The molecule has 8 heteroatoms. The van der Waals surface area contributed by atoms with Crippen molar-refractivity contribution >= 4 is 34.6 Å². The van der Waals surface area contributed by atoms with Gasteiger partial charge >= 0.3 is 6.03 Å². The summed E-state index contributed by atoms with van der Waals surface area (Å²) < 4.78 is 5.31. The minimum atomic E-state index is -0.393. The number of nitrogens with zero attached hydrogens (tertiary/aromatic N) is 1. The smallest absolute Gasteiger partial charge is 0.319 e. The molecule has 1 fully saturated rings. The fourth-order valence-corrected chi connectivity index (χ4v) is 2.61. The van der Waals surface area contributed by atoms with Crippen molar-refractivity contribution in [3.63, 3.8) is 0 Å². The normalized spacial score (nSPS) is 14.1. The number of urea groups is 1. The van der Waals surface area contributed by atoms with Crippen LogP contribution in [0.2, 0.25) is 0 Å². The highest BCUT2D eigenvalue weighted by Crippen LogP contribution is 2.18. The Kier molecular flexibility index (Phi) is 5.65. The SMILES string of the molecule is CCOc1ccc(NC(=O)NCCN2C(=O)CSC2=O)cc1. The Morgan fingerprint density at radius 1 is 1.32 bits per heavy atom. The van der Waals surface area contributed by atoms with Crippen molar-refractivity contribution in [1.82, 2.24) is 10.2 Å². The molecule has 2 rings (SSSR count). The van der Waals surface area contributed by atoms with Gasteiger partial charge in [-0.05, 0) is 31.2 Å². The van der Waals surface area contributed by atoms with Crippen molar-refractivity contribution in [2.45, 2.75) is 6.92 Å². The van der Waals surface area contributed by atoms with E-state index in [0.717, 1.165) is 22.4 Å². The molecule has 1 aliphatic rings. The zero-order chi connectivity index (χ0) is 15.9. The molecule has 22 heavy (non-hydrogen) atoms. The number of carbonyl (C=O) groups excluding carboxylic acids is 3. The monoisotopic (exact) mass is 323 g/mol. The molecule has 0 aliphatic carbocycles. The van der Waals surface area contributed by atoms with Gasteiger partial charge in [0.1, 0.15) is 5.75 Å². The number of benzene rings is 1. The largest absolute Gasteiger partial charge is 0.494 e. The van der Waals surface area contributed by atoms with Crippen molar-refractivity contribution < 1.29 is 19.1 Å². The Hall–Kier alpha value is -2.22. The summed E-state index contributed by atoms with van der Waals surface area (Å²) in [5, 5.41) is 5.00. The number of nitrogens with one attached hydrogen (secondary N) is 2. The van der Waals surface area contributed by atoms with E-state index < -0.39 is 6.03 Å². The maximum atomic E-state index is 11.7. The van der Waals surface area contributed by atoms with Crippen LogP contribution in [0.15, 0.2) is 24.3 Å². The van der Waals surface area contributed by atoms with E-state index in [1.807, 2.05) is 6.92 Å². The molecule has 1 aromatic rings. The molecule has 2 N–H and O–H groups in total. The average Bonchev–Trinajstić information content (AvgIpc) is 2.81. The first kappa shape index (κ1) is 16.2. The molecule has 1 aliphatic heterocycles. The number of ether oxygens (including phenoxy) is 1.